The molecule has 178 valence electrons. The van der Waals surface area contributed by atoms with Crippen LogP contribution in [0, 0.1) is 19.8 Å². The molecule has 1 atom stereocenters. The topological polar surface area (TPSA) is 0 Å². The minimum absolute atomic E-state index is 0.976. The zero-order valence-electron chi connectivity index (χ0n) is 21.1. The summed E-state index contributed by atoms with van der Waals surface area (Å²) in [5, 5.41) is 0. The Morgan fingerprint density at radius 1 is 0.467 bits per heavy atom. The van der Waals surface area contributed by atoms with Crippen molar-refractivity contribution < 1.29 is 0 Å². The Kier molecular flexibility index (Phi) is 26.5. The molecule has 0 N–H and O–H groups in total. The molecule has 0 saturated carbocycles. The van der Waals surface area contributed by atoms with Gasteiger partial charge in [-0.1, -0.05) is 161 Å². The molecule has 2 radical (unpaired) electrons. The number of rotatable bonds is 25. The summed E-state index contributed by atoms with van der Waals surface area (Å²) in [7, 11) is 0. The van der Waals surface area contributed by atoms with Gasteiger partial charge in [0.05, 0.1) is 0 Å². The van der Waals surface area contributed by atoms with E-state index in [-0.39, 0.29) is 0 Å². The fraction of sp³-hybridized carbons (Fsp3) is 0.867. The Bertz CT molecular complexity index is 316. The monoisotopic (exact) mass is 418 g/mol. The summed E-state index contributed by atoms with van der Waals surface area (Å²) >= 11 is 0. The molecule has 0 heteroatoms. The number of hydrogen-bond donors (Lipinski definition) is 0. The van der Waals surface area contributed by atoms with E-state index in [2.05, 4.69) is 32.9 Å². The second-order valence-electron chi connectivity index (χ2n) is 9.62. The van der Waals surface area contributed by atoms with Crippen molar-refractivity contribution in [3.63, 3.8) is 0 Å². The number of allylic oxidation sites excluding steroid dienone is 2. The van der Waals surface area contributed by atoms with Crippen LogP contribution in [0.2, 0.25) is 0 Å². The van der Waals surface area contributed by atoms with Crippen molar-refractivity contribution in [1.29, 1.82) is 0 Å². The van der Waals surface area contributed by atoms with E-state index in [4.69, 9.17) is 0 Å². The molecule has 0 amide bonds. The summed E-state index contributed by atoms with van der Waals surface area (Å²) < 4.78 is 0. The minimum Gasteiger partial charge on any atom is -0.0885 e. The van der Waals surface area contributed by atoms with E-state index in [0.29, 0.717) is 0 Å². The molecule has 0 nitrogen and oxygen atoms in total. The minimum atomic E-state index is 0.976. The molecule has 0 aromatic carbocycles. The largest absolute Gasteiger partial charge is 0.0885 e. The molecule has 0 spiro atoms. The molecule has 0 aliphatic rings. The zero-order chi connectivity index (χ0) is 22.0. The van der Waals surface area contributed by atoms with Gasteiger partial charge in [0.1, 0.15) is 0 Å². The van der Waals surface area contributed by atoms with Crippen molar-refractivity contribution in [1.82, 2.24) is 0 Å². The van der Waals surface area contributed by atoms with Gasteiger partial charge >= 0.3 is 0 Å². The highest BCUT2D eigenvalue weighted by molar-refractivity contribution is 4.81. The Hall–Kier alpha value is -0.260. The first-order valence-electron chi connectivity index (χ1n) is 14.1. The molecule has 0 bridgehead atoms. The van der Waals surface area contributed by atoms with Crippen LogP contribution in [0.25, 0.3) is 0 Å². The van der Waals surface area contributed by atoms with Crippen LogP contribution < -0.4 is 0 Å². The molecule has 0 aromatic heterocycles. The van der Waals surface area contributed by atoms with Gasteiger partial charge in [-0.3, -0.25) is 0 Å². The standard InChI is InChI=1S/C30H58/c1-4-7-9-11-13-15-17-18-19-21-23-25-27-29-30(6-3)28-26-24-22-20-16-14-12-10-8-5-2/h20,22,30H,1-2,4-19,21,23-29H2,3H3/b22-20+. The molecular weight excluding hydrogens is 360 g/mol. The third kappa shape index (κ3) is 24.0. The normalized spacial score (nSPS) is 12.8. The Morgan fingerprint density at radius 2 is 0.833 bits per heavy atom. The van der Waals surface area contributed by atoms with Gasteiger partial charge in [-0.05, 0) is 31.6 Å². The predicted molar refractivity (Wildman–Crippen MR) is 140 cm³/mol. The van der Waals surface area contributed by atoms with Gasteiger partial charge in [0.15, 0.2) is 0 Å². The highest BCUT2D eigenvalue weighted by Gasteiger charge is 2.05. The smallest absolute Gasteiger partial charge is 0.0351 e. The summed E-state index contributed by atoms with van der Waals surface area (Å²) in [6.07, 6.45) is 38.1. The van der Waals surface area contributed by atoms with Crippen molar-refractivity contribution in [2.45, 2.75) is 161 Å². The van der Waals surface area contributed by atoms with Crippen LogP contribution in [0.5, 0.6) is 0 Å². The lowest BCUT2D eigenvalue weighted by Crippen LogP contribution is -1.98. The number of hydrogen-bond acceptors (Lipinski definition) is 0. The maximum Gasteiger partial charge on any atom is -0.0351 e. The fourth-order valence-electron chi connectivity index (χ4n) is 4.48. The summed E-state index contributed by atoms with van der Waals surface area (Å²) in [6.45, 7) is 10.2. The van der Waals surface area contributed by atoms with Gasteiger partial charge in [0, 0.05) is 0 Å². The molecule has 30 heavy (non-hydrogen) atoms. The van der Waals surface area contributed by atoms with Crippen LogP contribution in [-0.2, 0) is 0 Å². The van der Waals surface area contributed by atoms with Crippen molar-refractivity contribution in [2.24, 2.45) is 5.92 Å². The summed E-state index contributed by atoms with van der Waals surface area (Å²) in [4.78, 5) is 0. The SMILES string of the molecule is [CH2]CCCCCC/C=C/CCCC(CC)CCCCCCCCCCCCCC[CH2]. The van der Waals surface area contributed by atoms with Crippen LogP contribution in [0.1, 0.15) is 161 Å². The first kappa shape index (κ1) is 29.7. The maximum absolute atomic E-state index is 3.92. The van der Waals surface area contributed by atoms with Crippen LogP contribution in [0.4, 0.5) is 0 Å². The van der Waals surface area contributed by atoms with Crippen LogP contribution >= 0.6 is 0 Å². The molecule has 0 heterocycles. The van der Waals surface area contributed by atoms with E-state index in [0.717, 1.165) is 18.8 Å². The Morgan fingerprint density at radius 3 is 1.30 bits per heavy atom. The average Bonchev–Trinajstić information content (AvgIpc) is 2.76. The van der Waals surface area contributed by atoms with Crippen molar-refractivity contribution in [3.8, 4) is 0 Å². The quantitative estimate of drug-likeness (QED) is 0.102. The highest BCUT2D eigenvalue weighted by Crippen LogP contribution is 2.21. The van der Waals surface area contributed by atoms with Gasteiger partial charge in [0.25, 0.3) is 0 Å². The lowest BCUT2D eigenvalue weighted by Gasteiger charge is -2.14. The Labute approximate surface area is 193 Å². The van der Waals surface area contributed by atoms with Crippen LogP contribution in [0.15, 0.2) is 12.2 Å². The lowest BCUT2D eigenvalue weighted by molar-refractivity contribution is 0.402. The van der Waals surface area contributed by atoms with Gasteiger partial charge < -0.3 is 0 Å². The van der Waals surface area contributed by atoms with Crippen molar-refractivity contribution in [3.05, 3.63) is 26.0 Å². The molecule has 1 unspecified atom stereocenters. The van der Waals surface area contributed by atoms with Gasteiger partial charge in [-0.25, -0.2) is 0 Å². The van der Waals surface area contributed by atoms with Crippen LogP contribution in [-0.4, -0.2) is 0 Å². The predicted octanol–water partition coefficient (Wildman–Crippen LogP) is 11.2. The molecule has 0 aliphatic carbocycles. The summed E-state index contributed by atoms with van der Waals surface area (Å²) in [5.74, 6) is 0.976. The Balaban J connectivity index is 3.33. The third-order valence-corrected chi connectivity index (χ3v) is 6.71. The molecule has 0 aliphatic heterocycles. The summed E-state index contributed by atoms with van der Waals surface area (Å²) in [5.41, 5.74) is 0. The van der Waals surface area contributed by atoms with Gasteiger partial charge in [0.2, 0.25) is 0 Å². The van der Waals surface area contributed by atoms with Gasteiger partial charge in [-0.15, -0.1) is 0 Å². The second kappa shape index (κ2) is 26.8. The van der Waals surface area contributed by atoms with Crippen molar-refractivity contribution >= 4 is 0 Å². The first-order chi connectivity index (χ1) is 14.8. The van der Waals surface area contributed by atoms with E-state index < -0.39 is 0 Å². The lowest BCUT2D eigenvalue weighted by atomic mass is 9.92. The highest BCUT2D eigenvalue weighted by atomic mass is 14.1. The average molecular weight is 419 g/mol. The first-order valence-corrected chi connectivity index (χ1v) is 14.1. The van der Waals surface area contributed by atoms with Crippen molar-refractivity contribution in [2.75, 3.05) is 0 Å². The second-order valence-corrected chi connectivity index (χ2v) is 9.62. The maximum atomic E-state index is 3.92. The van der Waals surface area contributed by atoms with Crippen LogP contribution in [0.3, 0.4) is 0 Å². The van der Waals surface area contributed by atoms with E-state index >= 15 is 0 Å². The molecule has 0 rings (SSSR count). The molecular formula is C30H58. The fourth-order valence-corrected chi connectivity index (χ4v) is 4.48. The van der Waals surface area contributed by atoms with E-state index in [1.807, 2.05) is 0 Å². The number of unbranched alkanes of at least 4 members (excludes halogenated alkanes) is 18. The van der Waals surface area contributed by atoms with E-state index in [1.165, 1.54) is 141 Å². The summed E-state index contributed by atoms with van der Waals surface area (Å²) in [6, 6.07) is 0. The molecule has 0 saturated heterocycles. The molecule has 0 aromatic rings. The zero-order valence-corrected chi connectivity index (χ0v) is 21.1. The van der Waals surface area contributed by atoms with E-state index in [9.17, 15) is 0 Å². The third-order valence-electron chi connectivity index (χ3n) is 6.71. The van der Waals surface area contributed by atoms with Gasteiger partial charge in [-0.2, -0.15) is 0 Å². The molecule has 0 fully saturated rings. The van der Waals surface area contributed by atoms with E-state index in [1.54, 1.807) is 0 Å².